The highest BCUT2D eigenvalue weighted by atomic mass is 16.5. The molecular weight excluding hydrogens is 260 g/mol. The molecule has 1 unspecified atom stereocenters. The lowest BCUT2D eigenvalue weighted by molar-refractivity contribution is 0.0311. The lowest BCUT2D eigenvalue weighted by Gasteiger charge is -2.46. The third-order valence-electron chi connectivity index (χ3n) is 5.10. The van der Waals surface area contributed by atoms with E-state index in [2.05, 4.69) is 42.2 Å². The number of nitrogens with two attached hydrogens (primary N) is 1. The summed E-state index contributed by atoms with van der Waals surface area (Å²) in [6.07, 6.45) is 4.61. The van der Waals surface area contributed by atoms with Crippen molar-refractivity contribution in [1.82, 2.24) is 4.90 Å². The van der Waals surface area contributed by atoms with Crippen LogP contribution < -0.4 is 5.73 Å². The van der Waals surface area contributed by atoms with E-state index < -0.39 is 0 Å². The van der Waals surface area contributed by atoms with E-state index in [9.17, 15) is 0 Å². The van der Waals surface area contributed by atoms with Gasteiger partial charge in [-0.1, -0.05) is 37.3 Å². The van der Waals surface area contributed by atoms with E-state index in [1.807, 2.05) is 0 Å². The Morgan fingerprint density at radius 1 is 1.24 bits per heavy atom. The van der Waals surface area contributed by atoms with Gasteiger partial charge < -0.3 is 10.5 Å². The third-order valence-corrected chi connectivity index (χ3v) is 5.10. The molecule has 3 heteroatoms. The van der Waals surface area contributed by atoms with Gasteiger partial charge in [-0.05, 0) is 50.3 Å². The summed E-state index contributed by atoms with van der Waals surface area (Å²) in [6.45, 7) is 6.19. The standard InChI is InChI=1S/C18H30N2O/c1-3-18(15-19,13-16-7-5-4-6-8-16)20-11-9-17(10-12-20)14-21-2/h4-8,17H,3,9-15,19H2,1-2H3. The molecule has 1 heterocycles. The molecule has 0 aromatic heterocycles. The van der Waals surface area contributed by atoms with Crippen molar-refractivity contribution in [3.8, 4) is 0 Å². The summed E-state index contributed by atoms with van der Waals surface area (Å²) in [5, 5.41) is 0. The van der Waals surface area contributed by atoms with Gasteiger partial charge in [-0.25, -0.2) is 0 Å². The van der Waals surface area contributed by atoms with Gasteiger partial charge in [0.1, 0.15) is 0 Å². The molecule has 21 heavy (non-hydrogen) atoms. The molecule has 1 fully saturated rings. The van der Waals surface area contributed by atoms with Gasteiger partial charge >= 0.3 is 0 Å². The second kappa shape index (κ2) is 7.92. The van der Waals surface area contributed by atoms with Crippen molar-refractivity contribution < 1.29 is 4.74 Å². The molecular formula is C18H30N2O. The van der Waals surface area contributed by atoms with Gasteiger partial charge in [0.25, 0.3) is 0 Å². The predicted molar refractivity (Wildman–Crippen MR) is 88.4 cm³/mol. The Hall–Kier alpha value is -0.900. The molecule has 0 radical (unpaired) electrons. The Bertz CT molecular complexity index is 395. The first-order valence-electron chi connectivity index (χ1n) is 8.22. The van der Waals surface area contributed by atoms with Crippen molar-refractivity contribution in [1.29, 1.82) is 0 Å². The van der Waals surface area contributed by atoms with Gasteiger partial charge in [-0.2, -0.15) is 0 Å². The first-order chi connectivity index (χ1) is 10.2. The number of likely N-dealkylation sites (tertiary alicyclic amines) is 1. The fourth-order valence-electron chi connectivity index (χ4n) is 3.59. The SMILES string of the molecule is CCC(CN)(Cc1ccccc1)N1CCC(COC)CC1. The Morgan fingerprint density at radius 3 is 2.43 bits per heavy atom. The number of nitrogens with zero attached hydrogens (tertiary/aromatic N) is 1. The number of hydrogen-bond acceptors (Lipinski definition) is 3. The summed E-state index contributed by atoms with van der Waals surface area (Å²) in [6, 6.07) is 10.8. The van der Waals surface area contributed by atoms with E-state index >= 15 is 0 Å². The van der Waals surface area contributed by atoms with Crippen LogP contribution in [0.1, 0.15) is 31.7 Å². The molecule has 0 bridgehead atoms. The molecule has 3 nitrogen and oxygen atoms in total. The predicted octanol–water partition coefficient (Wildman–Crippen LogP) is 2.70. The molecule has 1 aromatic rings. The topological polar surface area (TPSA) is 38.5 Å². The quantitative estimate of drug-likeness (QED) is 0.839. The Kier molecular flexibility index (Phi) is 6.22. The number of methoxy groups -OCH3 is 1. The highest BCUT2D eigenvalue weighted by molar-refractivity contribution is 5.18. The first kappa shape index (κ1) is 16.5. The molecule has 1 aliphatic rings. The highest BCUT2D eigenvalue weighted by Crippen LogP contribution is 2.29. The fourth-order valence-corrected chi connectivity index (χ4v) is 3.59. The van der Waals surface area contributed by atoms with Gasteiger partial charge in [0.05, 0.1) is 0 Å². The molecule has 0 saturated carbocycles. The van der Waals surface area contributed by atoms with Gasteiger partial charge in [-0.3, -0.25) is 4.90 Å². The zero-order chi connectivity index (χ0) is 15.1. The van der Waals surface area contributed by atoms with E-state index in [1.54, 1.807) is 7.11 Å². The number of ether oxygens (including phenoxy) is 1. The Labute approximate surface area is 129 Å². The largest absolute Gasteiger partial charge is 0.384 e. The fraction of sp³-hybridized carbons (Fsp3) is 0.667. The second-order valence-electron chi connectivity index (χ2n) is 6.33. The van der Waals surface area contributed by atoms with Crippen molar-refractivity contribution in [2.75, 3.05) is 33.4 Å². The van der Waals surface area contributed by atoms with E-state index in [0.717, 1.165) is 45.0 Å². The van der Waals surface area contributed by atoms with Crippen LogP contribution in [-0.4, -0.2) is 43.8 Å². The average Bonchev–Trinajstić information content (AvgIpc) is 2.55. The monoisotopic (exact) mass is 290 g/mol. The van der Waals surface area contributed by atoms with Gasteiger partial charge in [0, 0.05) is 25.8 Å². The van der Waals surface area contributed by atoms with Gasteiger partial charge in [0.15, 0.2) is 0 Å². The summed E-state index contributed by atoms with van der Waals surface area (Å²) in [5.41, 5.74) is 7.73. The minimum absolute atomic E-state index is 0.111. The van der Waals surface area contributed by atoms with E-state index in [1.165, 1.54) is 18.4 Å². The zero-order valence-corrected chi connectivity index (χ0v) is 13.6. The van der Waals surface area contributed by atoms with E-state index in [0.29, 0.717) is 0 Å². The molecule has 2 rings (SSSR count). The number of rotatable bonds is 7. The van der Waals surface area contributed by atoms with Crippen LogP contribution >= 0.6 is 0 Å². The normalized spacial score (nSPS) is 20.3. The van der Waals surface area contributed by atoms with E-state index in [-0.39, 0.29) is 5.54 Å². The summed E-state index contributed by atoms with van der Waals surface area (Å²) in [4.78, 5) is 2.63. The van der Waals surface area contributed by atoms with Gasteiger partial charge in [0.2, 0.25) is 0 Å². The molecule has 0 aliphatic carbocycles. The molecule has 0 amide bonds. The average molecular weight is 290 g/mol. The third kappa shape index (κ3) is 4.06. The molecule has 1 aliphatic heterocycles. The van der Waals surface area contributed by atoms with Crippen LogP contribution in [0.2, 0.25) is 0 Å². The maximum absolute atomic E-state index is 6.22. The first-order valence-corrected chi connectivity index (χ1v) is 8.22. The van der Waals surface area contributed by atoms with Crippen molar-refractivity contribution >= 4 is 0 Å². The van der Waals surface area contributed by atoms with Crippen LogP contribution in [0.3, 0.4) is 0 Å². The highest BCUT2D eigenvalue weighted by Gasteiger charge is 2.36. The van der Waals surface area contributed by atoms with Crippen LogP contribution in [0.5, 0.6) is 0 Å². The molecule has 118 valence electrons. The van der Waals surface area contributed by atoms with Crippen molar-refractivity contribution in [3.05, 3.63) is 35.9 Å². The van der Waals surface area contributed by atoms with Gasteiger partial charge in [-0.15, -0.1) is 0 Å². The Balaban J connectivity index is 2.04. The van der Waals surface area contributed by atoms with Crippen LogP contribution in [0, 0.1) is 5.92 Å². The van der Waals surface area contributed by atoms with Crippen molar-refractivity contribution in [2.45, 2.75) is 38.1 Å². The lowest BCUT2D eigenvalue weighted by atomic mass is 9.83. The van der Waals surface area contributed by atoms with Crippen LogP contribution in [0.25, 0.3) is 0 Å². The summed E-state index contributed by atoms with van der Waals surface area (Å²) in [7, 11) is 1.80. The van der Waals surface area contributed by atoms with Crippen LogP contribution in [0.4, 0.5) is 0 Å². The van der Waals surface area contributed by atoms with Crippen molar-refractivity contribution in [3.63, 3.8) is 0 Å². The molecule has 1 atom stereocenters. The molecule has 1 aromatic carbocycles. The van der Waals surface area contributed by atoms with Crippen LogP contribution in [-0.2, 0) is 11.2 Å². The molecule has 1 saturated heterocycles. The lowest BCUT2D eigenvalue weighted by Crippen LogP contribution is -2.57. The van der Waals surface area contributed by atoms with E-state index in [4.69, 9.17) is 10.5 Å². The molecule has 0 spiro atoms. The number of piperidine rings is 1. The molecule has 2 N–H and O–H groups in total. The van der Waals surface area contributed by atoms with Crippen molar-refractivity contribution in [2.24, 2.45) is 11.7 Å². The smallest absolute Gasteiger partial charge is 0.0491 e. The summed E-state index contributed by atoms with van der Waals surface area (Å²) < 4.78 is 5.31. The number of hydrogen-bond donors (Lipinski definition) is 1. The second-order valence-corrected chi connectivity index (χ2v) is 6.33. The summed E-state index contributed by atoms with van der Waals surface area (Å²) in [5.74, 6) is 0.718. The maximum Gasteiger partial charge on any atom is 0.0491 e. The Morgan fingerprint density at radius 2 is 1.90 bits per heavy atom. The summed E-state index contributed by atoms with van der Waals surface area (Å²) >= 11 is 0. The minimum Gasteiger partial charge on any atom is -0.384 e. The zero-order valence-electron chi connectivity index (χ0n) is 13.6. The minimum atomic E-state index is 0.111. The maximum atomic E-state index is 6.22. The number of benzene rings is 1. The van der Waals surface area contributed by atoms with Crippen LogP contribution in [0.15, 0.2) is 30.3 Å².